The van der Waals surface area contributed by atoms with Crippen molar-refractivity contribution in [3.05, 3.63) is 35.2 Å². The summed E-state index contributed by atoms with van der Waals surface area (Å²) < 4.78 is 4.04. The molecule has 3 heterocycles. The van der Waals surface area contributed by atoms with Crippen LogP contribution in [-0.4, -0.2) is 40.0 Å². The van der Waals surface area contributed by atoms with Gasteiger partial charge in [-0.1, -0.05) is 10.4 Å². The zero-order valence-electron chi connectivity index (χ0n) is 15.8. The van der Waals surface area contributed by atoms with E-state index in [9.17, 15) is 0 Å². The van der Waals surface area contributed by atoms with E-state index in [-0.39, 0.29) is 0 Å². The number of anilines is 1. The Labute approximate surface area is 162 Å². The standard InChI is InChI=1S/C19H25N9/c20-19-21-15-5-13(7-27-9-17(23-25-27)11-1-2-11)14(6-16(15)22-19)8-28-10-18(24-26-28)12-3-4-12/h9-14H,1-8H2,(H3,20,21,22)/t13-,14-/m0/s1. The van der Waals surface area contributed by atoms with Gasteiger partial charge >= 0.3 is 0 Å². The molecule has 0 radical (unpaired) electrons. The topological polar surface area (TPSA) is 116 Å². The molecule has 3 aliphatic rings. The van der Waals surface area contributed by atoms with Crippen molar-refractivity contribution in [3.63, 3.8) is 0 Å². The van der Waals surface area contributed by atoms with Crippen molar-refractivity contribution in [2.75, 3.05) is 5.73 Å². The van der Waals surface area contributed by atoms with Gasteiger partial charge in [0.2, 0.25) is 0 Å². The van der Waals surface area contributed by atoms with Crippen LogP contribution in [0.25, 0.3) is 0 Å². The van der Waals surface area contributed by atoms with Crippen LogP contribution in [0.2, 0.25) is 0 Å². The molecule has 0 bridgehead atoms. The average Bonchev–Trinajstić information content (AvgIpc) is 3.58. The first kappa shape index (κ1) is 16.3. The van der Waals surface area contributed by atoms with Crippen LogP contribution in [0, 0.1) is 11.8 Å². The number of hydrogen-bond acceptors (Lipinski definition) is 6. The number of imidazole rings is 1. The number of nitrogens with two attached hydrogens (primary N) is 1. The highest BCUT2D eigenvalue weighted by molar-refractivity contribution is 5.29. The highest BCUT2D eigenvalue weighted by Gasteiger charge is 2.33. The quantitative estimate of drug-likeness (QED) is 0.673. The molecule has 146 valence electrons. The Bertz CT molecular complexity index is 913. The van der Waals surface area contributed by atoms with Crippen LogP contribution in [0.3, 0.4) is 0 Å². The van der Waals surface area contributed by atoms with Crippen LogP contribution in [-0.2, 0) is 25.9 Å². The summed E-state index contributed by atoms with van der Waals surface area (Å²) in [4.78, 5) is 7.75. The molecule has 3 aromatic heterocycles. The highest BCUT2D eigenvalue weighted by atomic mass is 15.4. The van der Waals surface area contributed by atoms with Crippen molar-refractivity contribution in [1.29, 1.82) is 0 Å². The van der Waals surface area contributed by atoms with Crippen LogP contribution in [0.5, 0.6) is 0 Å². The fourth-order valence-electron chi connectivity index (χ4n) is 4.49. The van der Waals surface area contributed by atoms with Crippen LogP contribution in [0.15, 0.2) is 12.4 Å². The first-order valence-corrected chi connectivity index (χ1v) is 10.3. The predicted octanol–water partition coefficient (Wildman–Crippen LogP) is 1.66. The van der Waals surface area contributed by atoms with E-state index in [1.807, 2.05) is 9.36 Å². The largest absolute Gasteiger partial charge is 0.369 e. The van der Waals surface area contributed by atoms with E-state index in [0.717, 1.165) is 43.0 Å². The van der Waals surface area contributed by atoms with E-state index < -0.39 is 0 Å². The fourth-order valence-corrected chi connectivity index (χ4v) is 4.49. The number of fused-ring (bicyclic) bond motifs is 1. The van der Waals surface area contributed by atoms with Gasteiger partial charge in [-0.15, -0.1) is 10.2 Å². The maximum Gasteiger partial charge on any atom is 0.197 e. The van der Waals surface area contributed by atoms with Gasteiger partial charge in [-0.05, 0) is 50.4 Å². The van der Waals surface area contributed by atoms with E-state index >= 15 is 0 Å². The number of nitrogens with zero attached hydrogens (tertiary/aromatic N) is 7. The van der Waals surface area contributed by atoms with E-state index in [0.29, 0.717) is 29.6 Å². The molecule has 0 amide bonds. The van der Waals surface area contributed by atoms with Gasteiger partial charge in [0, 0.05) is 43.0 Å². The molecule has 2 saturated carbocycles. The zero-order chi connectivity index (χ0) is 18.7. The number of aromatic amines is 1. The number of nitrogens with one attached hydrogen (secondary N) is 1. The summed E-state index contributed by atoms with van der Waals surface area (Å²) in [6.45, 7) is 1.70. The van der Waals surface area contributed by atoms with Crippen LogP contribution < -0.4 is 5.73 Å². The predicted molar refractivity (Wildman–Crippen MR) is 101 cm³/mol. The molecule has 2 fully saturated rings. The smallest absolute Gasteiger partial charge is 0.197 e. The molecule has 3 N–H and O–H groups in total. The third-order valence-electron chi connectivity index (χ3n) is 6.42. The molecule has 0 spiro atoms. The molecule has 0 aromatic carbocycles. The van der Waals surface area contributed by atoms with Crippen molar-refractivity contribution < 1.29 is 0 Å². The van der Waals surface area contributed by atoms with Crippen LogP contribution in [0.1, 0.15) is 60.3 Å². The number of nitrogen functional groups attached to an aromatic ring is 1. The van der Waals surface area contributed by atoms with Gasteiger partial charge in [0.15, 0.2) is 5.95 Å². The maximum absolute atomic E-state index is 5.92. The Morgan fingerprint density at radius 3 is 2.04 bits per heavy atom. The zero-order valence-corrected chi connectivity index (χ0v) is 15.8. The van der Waals surface area contributed by atoms with Crippen molar-refractivity contribution in [3.8, 4) is 0 Å². The van der Waals surface area contributed by atoms with E-state index in [2.05, 4.69) is 43.0 Å². The minimum atomic E-state index is 0.414. The first-order valence-electron chi connectivity index (χ1n) is 10.3. The van der Waals surface area contributed by atoms with Crippen molar-refractivity contribution >= 4 is 5.95 Å². The Balaban J connectivity index is 1.24. The number of hydrogen-bond donors (Lipinski definition) is 2. The van der Waals surface area contributed by atoms with Crippen molar-refractivity contribution in [2.24, 2.45) is 11.8 Å². The van der Waals surface area contributed by atoms with Gasteiger partial charge in [-0.2, -0.15) is 0 Å². The lowest BCUT2D eigenvalue weighted by Gasteiger charge is -2.30. The van der Waals surface area contributed by atoms with Gasteiger partial charge in [-0.3, -0.25) is 9.36 Å². The lowest BCUT2D eigenvalue weighted by molar-refractivity contribution is 0.224. The Morgan fingerprint density at radius 1 is 0.893 bits per heavy atom. The second kappa shape index (κ2) is 6.15. The summed E-state index contributed by atoms with van der Waals surface area (Å²) in [7, 11) is 0. The van der Waals surface area contributed by atoms with E-state index in [1.54, 1.807) is 0 Å². The van der Waals surface area contributed by atoms with Gasteiger partial charge in [0.25, 0.3) is 0 Å². The molecule has 0 aliphatic heterocycles. The molecular formula is C19H25N9. The Hall–Kier alpha value is -2.71. The highest BCUT2D eigenvalue weighted by Crippen LogP contribution is 2.40. The summed E-state index contributed by atoms with van der Waals surface area (Å²) in [5.74, 6) is 2.61. The summed E-state index contributed by atoms with van der Waals surface area (Å²) in [5, 5.41) is 17.5. The summed E-state index contributed by atoms with van der Waals surface area (Å²) in [5.41, 5.74) is 10.5. The van der Waals surface area contributed by atoms with Crippen LogP contribution >= 0.6 is 0 Å². The Morgan fingerprint density at radius 2 is 1.46 bits per heavy atom. The second-order valence-corrected chi connectivity index (χ2v) is 8.76. The average molecular weight is 379 g/mol. The van der Waals surface area contributed by atoms with Gasteiger partial charge < -0.3 is 10.7 Å². The molecule has 3 aromatic rings. The normalized spacial score (nSPS) is 24.4. The maximum atomic E-state index is 5.92. The molecule has 9 nitrogen and oxygen atoms in total. The molecule has 6 rings (SSSR count). The molecule has 2 atom stereocenters. The Kier molecular flexibility index (Phi) is 3.57. The summed E-state index contributed by atoms with van der Waals surface area (Å²) in [6.07, 6.45) is 11.1. The van der Waals surface area contributed by atoms with E-state index in [4.69, 9.17) is 5.73 Å². The van der Waals surface area contributed by atoms with Crippen molar-refractivity contribution in [1.82, 2.24) is 40.0 Å². The molecule has 0 saturated heterocycles. The monoisotopic (exact) mass is 379 g/mol. The lowest BCUT2D eigenvalue weighted by atomic mass is 9.79. The SMILES string of the molecule is Nc1nc2c([nH]1)C[C@@H](Cn1cc(C3CC3)nn1)[C@H](Cn1cc(C3CC3)nn1)C2. The number of H-pyrrole nitrogens is 1. The van der Waals surface area contributed by atoms with Crippen LogP contribution in [0.4, 0.5) is 5.95 Å². The first-order chi connectivity index (χ1) is 13.7. The van der Waals surface area contributed by atoms with E-state index in [1.165, 1.54) is 31.4 Å². The second-order valence-electron chi connectivity index (χ2n) is 8.76. The number of aromatic nitrogens is 8. The molecule has 9 heteroatoms. The molecule has 28 heavy (non-hydrogen) atoms. The lowest BCUT2D eigenvalue weighted by Crippen LogP contribution is -2.32. The molecule has 3 aliphatic carbocycles. The van der Waals surface area contributed by atoms with Gasteiger partial charge in [0.05, 0.1) is 17.1 Å². The fraction of sp³-hybridized carbons (Fsp3) is 0.632. The minimum absolute atomic E-state index is 0.414. The summed E-state index contributed by atoms with van der Waals surface area (Å²) >= 11 is 0. The molecule has 0 unspecified atom stereocenters. The minimum Gasteiger partial charge on any atom is -0.369 e. The summed E-state index contributed by atoms with van der Waals surface area (Å²) in [6, 6.07) is 0. The molecular weight excluding hydrogens is 354 g/mol. The van der Waals surface area contributed by atoms with Gasteiger partial charge in [0.1, 0.15) is 0 Å². The third-order valence-corrected chi connectivity index (χ3v) is 6.42. The third kappa shape index (κ3) is 3.08. The number of rotatable bonds is 6. The van der Waals surface area contributed by atoms with Gasteiger partial charge in [-0.25, -0.2) is 4.98 Å². The van der Waals surface area contributed by atoms with Crippen molar-refractivity contribution in [2.45, 2.75) is 63.5 Å².